The number of benzene rings is 1. The van der Waals surface area contributed by atoms with Gasteiger partial charge in [-0.3, -0.25) is 0 Å². The average molecular weight is 410 g/mol. The topological polar surface area (TPSA) is 52.6 Å². The summed E-state index contributed by atoms with van der Waals surface area (Å²) in [6.45, 7) is 10.6. The van der Waals surface area contributed by atoms with Crippen LogP contribution in [0.2, 0.25) is 0 Å². The molecule has 0 heterocycles. The first kappa shape index (κ1) is 22.1. The highest BCUT2D eigenvalue weighted by molar-refractivity contribution is 5.89. The molecule has 0 radical (unpaired) electrons. The van der Waals surface area contributed by atoms with Crippen molar-refractivity contribution >= 4 is 17.5 Å². The summed E-state index contributed by atoms with van der Waals surface area (Å²) in [6, 6.07) is 2.00. The van der Waals surface area contributed by atoms with Crippen LogP contribution in [0, 0.1) is 17.6 Å². The monoisotopic (exact) mass is 410 g/mol. The fraction of sp³-hybridized carbons (Fsp3) is 0.238. The van der Waals surface area contributed by atoms with Gasteiger partial charge in [-0.25, -0.2) is 22.8 Å². The van der Waals surface area contributed by atoms with Crippen molar-refractivity contribution in [1.82, 2.24) is 0 Å². The zero-order chi connectivity index (χ0) is 22.0. The molecule has 0 amide bonds. The summed E-state index contributed by atoms with van der Waals surface area (Å²) < 4.78 is 67.3. The van der Waals surface area contributed by atoms with E-state index >= 15 is 0 Å². The van der Waals surface area contributed by atoms with Crippen molar-refractivity contribution in [2.24, 2.45) is 5.92 Å². The molecule has 1 aliphatic carbocycles. The third kappa shape index (κ3) is 4.47. The minimum atomic E-state index is -2.12. The van der Waals surface area contributed by atoms with E-state index in [0.29, 0.717) is 0 Å². The van der Waals surface area contributed by atoms with Crippen LogP contribution in [-0.4, -0.2) is 18.1 Å². The first-order valence-corrected chi connectivity index (χ1v) is 8.44. The Bertz CT molecular complexity index is 975. The van der Waals surface area contributed by atoms with E-state index in [4.69, 9.17) is 0 Å². The Hall–Kier alpha value is -3.16. The number of halogens is 4. The molecule has 8 heteroatoms. The van der Waals surface area contributed by atoms with Crippen LogP contribution in [0.5, 0.6) is 5.75 Å². The zero-order valence-electron chi connectivity index (χ0n) is 15.9. The molecule has 0 saturated heterocycles. The second-order valence-electron chi connectivity index (χ2n) is 6.58. The summed E-state index contributed by atoms with van der Waals surface area (Å²) in [6.07, 6.45) is -1.36. The number of hydrogen-bond donors (Lipinski definition) is 0. The van der Waals surface area contributed by atoms with Crippen molar-refractivity contribution in [1.29, 1.82) is 0 Å². The van der Waals surface area contributed by atoms with E-state index in [1.54, 1.807) is 0 Å². The van der Waals surface area contributed by atoms with Gasteiger partial charge in [0.25, 0.3) is 0 Å². The Morgan fingerprint density at radius 2 is 1.52 bits per heavy atom. The Balaban J connectivity index is 2.46. The highest BCUT2D eigenvalue weighted by Crippen LogP contribution is 2.40. The van der Waals surface area contributed by atoms with Gasteiger partial charge in [-0.2, -0.15) is 4.39 Å². The Kier molecular flexibility index (Phi) is 6.46. The quantitative estimate of drug-likeness (QED) is 0.293. The smallest absolute Gasteiger partial charge is 0.338 e. The van der Waals surface area contributed by atoms with Crippen LogP contribution in [0.25, 0.3) is 5.57 Å². The van der Waals surface area contributed by atoms with Gasteiger partial charge in [-0.05, 0) is 37.6 Å². The van der Waals surface area contributed by atoms with Crippen molar-refractivity contribution < 1.29 is 36.6 Å². The van der Waals surface area contributed by atoms with E-state index in [-0.39, 0.29) is 16.7 Å². The summed E-state index contributed by atoms with van der Waals surface area (Å²) >= 11 is 0. The molecule has 0 fully saturated rings. The van der Waals surface area contributed by atoms with Gasteiger partial charge in [-0.1, -0.05) is 20.1 Å². The lowest BCUT2D eigenvalue weighted by Gasteiger charge is -2.26. The molecule has 1 aromatic carbocycles. The normalized spacial score (nSPS) is 18.8. The van der Waals surface area contributed by atoms with Crippen LogP contribution in [-0.2, 0) is 14.3 Å². The van der Waals surface area contributed by atoms with Gasteiger partial charge in [0.1, 0.15) is 0 Å². The van der Waals surface area contributed by atoms with E-state index in [1.165, 1.54) is 20.8 Å². The summed E-state index contributed by atoms with van der Waals surface area (Å²) in [7, 11) is 0. The maximum Gasteiger partial charge on any atom is 0.338 e. The van der Waals surface area contributed by atoms with Gasteiger partial charge >= 0.3 is 11.9 Å². The SMILES string of the molecule is C=C(C)C(=O)OC1=C(F)C=C(c2ccc(OC(=O)C(=C)C)c(F)c2F)C(C)C1F. The molecule has 1 aliphatic rings. The Morgan fingerprint density at radius 3 is 2.07 bits per heavy atom. The number of carbonyl (C=O) groups excluding carboxylic acids is 2. The predicted octanol–water partition coefficient (Wildman–Crippen LogP) is 5.12. The number of carbonyl (C=O) groups is 2. The second kappa shape index (κ2) is 8.46. The lowest BCUT2D eigenvalue weighted by Crippen LogP contribution is -2.25. The Labute approximate surface area is 164 Å². The largest absolute Gasteiger partial charge is 0.421 e. The molecule has 0 spiro atoms. The molecule has 4 nitrogen and oxygen atoms in total. The van der Waals surface area contributed by atoms with Crippen LogP contribution in [0.4, 0.5) is 17.6 Å². The molecule has 0 saturated carbocycles. The fourth-order valence-corrected chi connectivity index (χ4v) is 2.49. The van der Waals surface area contributed by atoms with E-state index < -0.39 is 58.6 Å². The maximum absolute atomic E-state index is 14.7. The molecule has 29 heavy (non-hydrogen) atoms. The van der Waals surface area contributed by atoms with Gasteiger partial charge in [0.05, 0.1) is 0 Å². The van der Waals surface area contributed by atoms with Crippen molar-refractivity contribution in [3.05, 3.63) is 71.3 Å². The number of esters is 2. The number of ether oxygens (including phenoxy) is 2. The molecular weight excluding hydrogens is 392 g/mol. The number of allylic oxidation sites excluding steroid dienone is 4. The van der Waals surface area contributed by atoms with E-state index in [1.807, 2.05) is 0 Å². The Morgan fingerprint density at radius 1 is 0.966 bits per heavy atom. The molecular formula is C21H18F4O4. The third-order valence-corrected chi connectivity index (χ3v) is 4.16. The van der Waals surface area contributed by atoms with Crippen molar-refractivity contribution in [3.63, 3.8) is 0 Å². The van der Waals surface area contributed by atoms with Crippen molar-refractivity contribution in [2.75, 3.05) is 0 Å². The highest BCUT2D eigenvalue weighted by atomic mass is 19.2. The molecule has 2 rings (SSSR count). The lowest BCUT2D eigenvalue weighted by molar-refractivity contribution is -0.136. The maximum atomic E-state index is 14.7. The highest BCUT2D eigenvalue weighted by Gasteiger charge is 2.36. The van der Waals surface area contributed by atoms with E-state index in [2.05, 4.69) is 22.6 Å². The molecule has 1 aromatic rings. The number of rotatable bonds is 5. The average Bonchev–Trinajstić information content (AvgIpc) is 2.65. The zero-order valence-corrected chi connectivity index (χ0v) is 15.9. The molecule has 0 aliphatic heterocycles. The van der Waals surface area contributed by atoms with Gasteiger partial charge in [0.2, 0.25) is 5.82 Å². The summed E-state index contributed by atoms with van der Waals surface area (Å²) in [5.74, 6) is -8.86. The molecule has 0 aromatic heterocycles. The first-order chi connectivity index (χ1) is 13.5. The minimum Gasteiger partial charge on any atom is -0.421 e. The van der Waals surface area contributed by atoms with Crippen LogP contribution in [0.15, 0.2) is 54.1 Å². The standard InChI is InChI=1S/C21H18F4O4/c1-9(2)20(26)28-15-7-6-12(17(24)18(15)25)13-8-14(22)19(16(23)11(13)5)29-21(27)10(3)4/h6-8,11,16H,1,3H2,2,4-5H3. The molecule has 154 valence electrons. The van der Waals surface area contributed by atoms with Crippen LogP contribution < -0.4 is 4.74 Å². The minimum absolute atomic E-state index is 0.0261. The fourth-order valence-electron chi connectivity index (χ4n) is 2.49. The van der Waals surface area contributed by atoms with Gasteiger partial charge < -0.3 is 9.47 Å². The molecule has 0 N–H and O–H groups in total. The van der Waals surface area contributed by atoms with Crippen LogP contribution in [0.3, 0.4) is 0 Å². The van der Waals surface area contributed by atoms with Gasteiger partial charge in [0.15, 0.2) is 29.3 Å². The summed E-state index contributed by atoms with van der Waals surface area (Å²) in [4.78, 5) is 23.1. The van der Waals surface area contributed by atoms with E-state index in [0.717, 1.165) is 18.2 Å². The predicted molar refractivity (Wildman–Crippen MR) is 97.9 cm³/mol. The summed E-state index contributed by atoms with van der Waals surface area (Å²) in [5, 5.41) is 0. The second-order valence-corrected chi connectivity index (χ2v) is 6.58. The van der Waals surface area contributed by atoms with Gasteiger partial charge in [0, 0.05) is 22.6 Å². The van der Waals surface area contributed by atoms with Crippen LogP contribution in [0.1, 0.15) is 26.3 Å². The summed E-state index contributed by atoms with van der Waals surface area (Å²) in [5.41, 5.74) is -0.706. The van der Waals surface area contributed by atoms with E-state index in [9.17, 15) is 27.2 Å². The molecule has 0 bridgehead atoms. The first-order valence-electron chi connectivity index (χ1n) is 8.44. The number of alkyl halides is 1. The van der Waals surface area contributed by atoms with Crippen LogP contribution >= 0.6 is 0 Å². The third-order valence-electron chi connectivity index (χ3n) is 4.16. The van der Waals surface area contributed by atoms with Gasteiger partial charge in [-0.15, -0.1) is 0 Å². The number of hydrogen-bond acceptors (Lipinski definition) is 4. The lowest BCUT2D eigenvalue weighted by atomic mass is 9.85. The van der Waals surface area contributed by atoms with Crippen molar-refractivity contribution in [3.8, 4) is 5.75 Å². The molecule has 2 unspecified atom stereocenters. The van der Waals surface area contributed by atoms with Crippen molar-refractivity contribution in [2.45, 2.75) is 26.9 Å². The molecule has 2 atom stereocenters.